The van der Waals surface area contributed by atoms with Gasteiger partial charge < -0.3 is 20.1 Å². The predicted octanol–water partition coefficient (Wildman–Crippen LogP) is 1.29. The fourth-order valence-electron chi connectivity index (χ4n) is 2.04. The summed E-state index contributed by atoms with van der Waals surface area (Å²) in [5, 5.41) is 6.23. The van der Waals surface area contributed by atoms with Crippen LogP contribution in [-0.2, 0) is 4.74 Å². The molecule has 2 rings (SSSR count). The van der Waals surface area contributed by atoms with Crippen molar-refractivity contribution in [3.05, 3.63) is 0 Å². The molecule has 7 heteroatoms. The Labute approximate surface area is 113 Å². The quantitative estimate of drug-likeness (QED) is 0.832. The second-order valence-electron chi connectivity index (χ2n) is 4.50. The Balaban J connectivity index is 2.07. The summed E-state index contributed by atoms with van der Waals surface area (Å²) in [6.45, 7) is 5.27. The summed E-state index contributed by atoms with van der Waals surface area (Å²) >= 11 is 0. The van der Waals surface area contributed by atoms with Crippen LogP contribution in [0.1, 0.15) is 26.7 Å². The maximum absolute atomic E-state index is 5.52. The van der Waals surface area contributed by atoms with Crippen LogP contribution >= 0.6 is 0 Å². The van der Waals surface area contributed by atoms with Gasteiger partial charge in [0.05, 0.1) is 12.7 Å². The van der Waals surface area contributed by atoms with Crippen molar-refractivity contribution in [2.75, 3.05) is 30.9 Å². The Hall–Kier alpha value is -1.63. The maximum Gasteiger partial charge on any atom is 0.323 e. The number of anilines is 2. The first-order valence-corrected chi connectivity index (χ1v) is 6.66. The zero-order chi connectivity index (χ0) is 13.7. The molecule has 0 bridgehead atoms. The summed E-state index contributed by atoms with van der Waals surface area (Å²) < 4.78 is 10.9. The highest BCUT2D eigenvalue weighted by Crippen LogP contribution is 2.18. The average Bonchev–Trinajstić information content (AvgIpc) is 2.39. The second-order valence-corrected chi connectivity index (χ2v) is 4.50. The van der Waals surface area contributed by atoms with Crippen molar-refractivity contribution in [2.45, 2.75) is 38.8 Å². The zero-order valence-electron chi connectivity index (χ0n) is 11.6. The van der Waals surface area contributed by atoms with Crippen LogP contribution in [0.3, 0.4) is 0 Å². The number of nitrogens with zero attached hydrogens (tertiary/aromatic N) is 3. The summed E-state index contributed by atoms with van der Waals surface area (Å²) in [7, 11) is 1.77. The molecule has 0 amide bonds. The van der Waals surface area contributed by atoms with Gasteiger partial charge in [0.1, 0.15) is 0 Å². The van der Waals surface area contributed by atoms with Gasteiger partial charge in [-0.25, -0.2) is 0 Å². The Bertz CT molecular complexity index is 415. The van der Waals surface area contributed by atoms with E-state index in [4.69, 9.17) is 9.47 Å². The summed E-state index contributed by atoms with van der Waals surface area (Å²) in [6, 6.07) is 0.662. The van der Waals surface area contributed by atoms with Gasteiger partial charge in [-0.1, -0.05) is 0 Å². The molecule has 1 saturated heterocycles. The van der Waals surface area contributed by atoms with E-state index in [0.717, 1.165) is 19.4 Å². The lowest BCUT2D eigenvalue weighted by molar-refractivity contribution is 0.0231. The van der Waals surface area contributed by atoms with Crippen LogP contribution < -0.4 is 15.4 Å². The van der Waals surface area contributed by atoms with E-state index in [2.05, 4.69) is 32.5 Å². The predicted molar refractivity (Wildman–Crippen MR) is 72.6 cm³/mol. The van der Waals surface area contributed by atoms with Gasteiger partial charge in [-0.2, -0.15) is 15.0 Å². The SMILES string of the molecule is CCOc1nc(NC)nc(NC2CCOC(C)C2)n1. The molecule has 0 radical (unpaired) electrons. The molecule has 2 N–H and O–H groups in total. The summed E-state index contributed by atoms with van der Waals surface area (Å²) in [4.78, 5) is 12.7. The molecule has 2 heterocycles. The van der Waals surface area contributed by atoms with Gasteiger partial charge in [-0.15, -0.1) is 0 Å². The van der Waals surface area contributed by atoms with Crippen molar-refractivity contribution < 1.29 is 9.47 Å². The lowest BCUT2D eigenvalue weighted by atomic mass is 10.0. The topological polar surface area (TPSA) is 81.2 Å². The van der Waals surface area contributed by atoms with Gasteiger partial charge in [0.15, 0.2) is 0 Å². The van der Waals surface area contributed by atoms with Crippen LogP contribution in [0.4, 0.5) is 11.9 Å². The fourth-order valence-corrected chi connectivity index (χ4v) is 2.04. The lowest BCUT2D eigenvalue weighted by Crippen LogP contribution is -2.33. The van der Waals surface area contributed by atoms with Gasteiger partial charge in [-0.3, -0.25) is 0 Å². The molecule has 0 saturated carbocycles. The van der Waals surface area contributed by atoms with Gasteiger partial charge in [-0.05, 0) is 26.7 Å². The highest BCUT2D eigenvalue weighted by atomic mass is 16.5. The van der Waals surface area contributed by atoms with Gasteiger partial charge in [0, 0.05) is 19.7 Å². The molecule has 7 nitrogen and oxygen atoms in total. The maximum atomic E-state index is 5.52. The van der Waals surface area contributed by atoms with Crippen LogP contribution in [0.25, 0.3) is 0 Å². The number of nitrogens with one attached hydrogen (secondary N) is 2. The highest BCUT2D eigenvalue weighted by molar-refractivity contribution is 5.36. The third-order valence-electron chi connectivity index (χ3n) is 2.93. The van der Waals surface area contributed by atoms with Crippen LogP contribution in [-0.4, -0.2) is 47.4 Å². The number of hydrogen-bond donors (Lipinski definition) is 2. The van der Waals surface area contributed by atoms with Crippen LogP contribution in [0.5, 0.6) is 6.01 Å². The van der Waals surface area contributed by atoms with Crippen molar-refractivity contribution in [3.8, 4) is 6.01 Å². The van der Waals surface area contributed by atoms with E-state index in [-0.39, 0.29) is 6.10 Å². The Morgan fingerprint density at radius 3 is 2.79 bits per heavy atom. The van der Waals surface area contributed by atoms with E-state index < -0.39 is 0 Å². The Morgan fingerprint density at radius 1 is 1.32 bits per heavy atom. The largest absolute Gasteiger partial charge is 0.464 e. The minimum atomic E-state index is 0.267. The molecule has 1 fully saturated rings. The van der Waals surface area contributed by atoms with Gasteiger partial charge >= 0.3 is 6.01 Å². The van der Waals surface area contributed by atoms with Crippen LogP contribution in [0, 0.1) is 0 Å². The van der Waals surface area contributed by atoms with E-state index >= 15 is 0 Å². The minimum Gasteiger partial charge on any atom is -0.464 e. The number of rotatable bonds is 5. The van der Waals surface area contributed by atoms with Crippen LogP contribution in [0.2, 0.25) is 0 Å². The molecular formula is C12H21N5O2. The number of aromatic nitrogens is 3. The molecule has 0 aromatic carbocycles. The minimum absolute atomic E-state index is 0.267. The van der Waals surface area contributed by atoms with E-state index in [1.807, 2.05) is 6.92 Å². The molecule has 106 valence electrons. The van der Waals surface area contributed by atoms with Crippen LogP contribution in [0.15, 0.2) is 0 Å². The smallest absolute Gasteiger partial charge is 0.323 e. The summed E-state index contributed by atoms with van der Waals surface area (Å²) in [6.07, 6.45) is 2.17. The first kappa shape index (κ1) is 13.8. The number of ether oxygens (including phenoxy) is 2. The highest BCUT2D eigenvalue weighted by Gasteiger charge is 2.20. The lowest BCUT2D eigenvalue weighted by Gasteiger charge is -2.27. The third-order valence-corrected chi connectivity index (χ3v) is 2.93. The van der Waals surface area contributed by atoms with E-state index in [0.29, 0.717) is 30.6 Å². The zero-order valence-corrected chi connectivity index (χ0v) is 11.6. The monoisotopic (exact) mass is 267 g/mol. The Morgan fingerprint density at radius 2 is 2.11 bits per heavy atom. The second kappa shape index (κ2) is 6.51. The molecule has 1 aliphatic heterocycles. The van der Waals surface area contributed by atoms with Crippen molar-refractivity contribution in [1.29, 1.82) is 0 Å². The summed E-state index contributed by atoms with van der Waals surface area (Å²) in [5.74, 6) is 1.04. The molecular weight excluding hydrogens is 246 g/mol. The van der Waals surface area contributed by atoms with Gasteiger partial charge in [0.2, 0.25) is 11.9 Å². The molecule has 19 heavy (non-hydrogen) atoms. The molecule has 1 aromatic heterocycles. The first-order valence-electron chi connectivity index (χ1n) is 6.66. The van der Waals surface area contributed by atoms with Crippen molar-refractivity contribution in [1.82, 2.24) is 15.0 Å². The third kappa shape index (κ3) is 3.92. The van der Waals surface area contributed by atoms with E-state index in [1.165, 1.54) is 0 Å². The number of hydrogen-bond acceptors (Lipinski definition) is 7. The molecule has 2 atom stereocenters. The van der Waals surface area contributed by atoms with E-state index in [1.54, 1.807) is 7.05 Å². The molecule has 1 aromatic rings. The van der Waals surface area contributed by atoms with Crippen molar-refractivity contribution in [3.63, 3.8) is 0 Å². The van der Waals surface area contributed by atoms with Gasteiger partial charge in [0.25, 0.3) is 0 Å². The molecule has 0 spiro atoms. The summed E-state index contributed by atoms with van der Waals surface area (Å²) in [5.41, 5.74) is 0. The molecule has 0 aliphatic carbocycles. The molecule has 2 unspecified atom stereocenters. The first-order chi connectivity index (χ1) is 9.21. The Kier molecular flexibility index (Phi) is 4.73. The normalized spacial score (nSPS) is 22.9. The standard InChI is InChI=1S/C12H21N5O2/c1-4-18-12-16-10(13-3)15-11(17-12)14-9-5-6-19-8(2)7-9/h8-9H,4-7H2,1-3H3,(H2,13,14,15,16,17). The van der Waals surface area contributed by atoms with E-state index in [9.17, 15) is 0 Å². The van der Waals surface area contributed by atoms with Crippen molar-refractivity contribution in [2.24, 2.45) is 0 Å². The fraction of sp³-hybridized carbons (Fsp3) is 0.750. The molecule has 1 aliphatic rings. The average molecular weight is 267 g/mol. The van der Waals surface area contributed by atoms with Crippen molar-refractivity contribution >= 4 is 11.9 Å².